The van der Waals surface area contributed by atoms with Crippen LogP contribution >= 0.6 is 0 Å². The number of likely N-dealkylation sites (tertiary alicyclic amines) is 1. The number of ketones is 1. The van der Waals surface area contributed by atoms with Crippen molar-refractivity contribution in [2.45, 2.75) is 65.0 Å². The summed E-state index contributed by atoms with van der Waals surface area (Å²) < 4.78 is 0. The average molecular weight is 223 g/mol. The Morgan fingerprint density at radius 3 is 2.56 bits per heavy atom. The van der Waals surface area contributed by atoms with E-state index in [1.807, 2.05) is 0 Å². The molecule has 92 valence electrons. The van der Waals surface area contributed by atoms with E-state index in [-0.39, 0.29) is 11.5 Å². The lowest BCUT2D eigenvalue weighted by Crippen LogP contribution is -2.54. The van der Waals surface area contributed by atoms with Crippen molar-refractivity contribution >= 4 is 5.78 Å². The molecule has 0 unspecified atom stereocenters. The van der Waals surface area contributed by atoms with Crippen LogP contribution in [-0.4, -0.2) is 28.8 Å². The Hall–Kier alpha value is -0.370. The first kappa shape index (κ1) is 12.1. The van der Waals surface area contributed by atoms with E-state index in [9.17, 15) is 4.79 Å². The maximum atomic E-state index is 12.6. The Balaban J connectivity index is 2.30. The molecule has 0 amide bonds. The standard InChI is InChI=1S/C14H25NO/c1-10(2)13(16)14-7-5-6-12(8-14)9-15(14)11(3)4/h10-12H,5-9H2,1-4H3/t12-,14+/m1/s1. The first-order valence-electron chi connectivity index (χ1n) is 6.78. The predicted octanol–water partition coefficient (Wildman–Crippen LogP) is 2.86. The van der Waals surface area contributed by atoms with Crippen LogP contribution in [0.1, 0.15) is 53.4 Å². The van der Waals surface area contributed by atoms with E-state index in [1.54, 1.807) is 0 Å². The van der Waals surface area contributed by atoms with Crippen LogP contribution in [0.25, 0.3) is 0 Å². The molecule has 2 aliphatic rings. The van der Waals surface area contributed by atoms with E-state index in [1.165, 1.54) is 12.8 Å². The summed E-state index contributed by atoms with van der Waals surface area (Å²) >= 11 is 0. The van der Waals surface area contributed by atoms with Gasteiger partial charge in [-0.25, -0.2) is 0 Å². The maximum Gasteiger partial charge on any atom is 0.155 e. The Labute approximate surface area is 99.4 Å². The molecule has 2 nitrogen and oxygen atoms in total. The third kappa shape index (κ3) is 1.71. The van der Waals surface area contributed by atoms with E-state index in [0.29, 0.717) is 11.8 Å². The lowest BCUT2D eigenvalue weighted by molar-refractivity contribution is -0.134. The molecular weight excluding hydrogens is 198 g/mol. The molecule has 2 fully saturated rings. The molecule has 0 aromatic carbocycles. The van der Waals surface area contributed by atoms with Crippen LogP contribution in [0.4, 0.5) is 0 Å². The Bertz CT molecular complexity index is 284. The molecule has 0 aromatic heterocycles. The molecule has 1 saturated carbocycles. The van der Waals surface area contributed by atoms with Crippen molar-refractivity contribution in [2.24, 2.45) is 11.8 Å². The number of hydrogen-bond acceptors (Lipinski definition) is 2. The summed E-state index contributed by atoms with van der Waals surface area (Å²) in [6, 6.07) is 0.505. The summed E-state index contributed by atoms with van der Waals surface area (Å²) in [5.74, 6) is 1.44. The fourth-order valence-electron chi connectivity index (χ4n) is 3.84. The van der Waals surface area contributed by atoms with Gasteiger partial charge in [0.25, 0.3) is 0 Å². The summed E-state index contributed by atoms with van der Waals surface area (Å²) in [5, 5.41) is 0. The Morgan fingerprint density at radius 2 is 2.00 bits per heavy atom. The van der Waals surface area contributed by atoms with Crippen molar-refractivity contribution < 1.29 is 4.79 Å². The highest BCUT2D eigenvalue weighted by molar-refractivity contribution is 5.90. The lowest BCUT2D eigenvalue weighted by Gasteiger charge is -2.41. The molecule has 1 saturated heterocycles. The van der Waals surface area contributed by atoms with E-state index < -0.39 is 0 Å². The zero-order chi connectivity index (χ0) is 11.9. The molecule has 1 aliphatic heterocycles. The molecule has 0 radical (unpaired) electrons. The first-order chi connectivity index (χ1) is 7.47. The molecule has 0 N–H and O–H groups in total. The van der Waals surface area contributed by atoms with Gasteiger partial charge in [0.05, 0.1) is 5.54 Å². The summed E-state index contributed by atoms with van der Waals surface area (Å²) in [4.78, 5) is 15.0. The monoisotopic (exact) mass is 223 g/mol. The quantitative estimate of drug-likeness (QED) is 0.733. The highest BCUT2D eigenvalue weighted by atomic mass is 16.1. The van der Waals surface area contributed by atoms with Crippen molar-refractivity contribution in [3.8, 4) is 0 Å². The molecule has 2 heteroatoms. The van der Waals surface area contributed by atoms with Crippen LogP contribution in [0.3, 0.4) is 0 Å². The molecule has 16 heavy (non-hydrogen) atoms. The molecule has 0 spiro atoms. The van der Waals surface area contributed by atoms with Crippen molar-refractivity contribution in [1.29, 1.82) is 0 Å². The van der Waals surface area contributed by atoms with Crippen molar-refractivity contribution in [2.75, 3.05) is 6.54 Å². The van der Waals surface area contributed by atoms with Crippen LogP contribution in [0.15, 0.2) is 0 Å². The van der Waals surface area contributed by atoms with Gasteiger partial charge in [-0.2, -0.15) is 0 Å². The second-order valence-electron chi connectivity index (χ2n) is 6.26. The van der Waals surface area contributed by atoms with Gasteiger partial charge >= 0.3 is 0 Å². The number of carbonyl (C=O) groups excluding carboxylic acids is 1. The van der Waals surface area contributed by atoms with Crippen LogP contribution in [0.5, 0.6) is 0 Å². The third-order valence-corrected chi connectivity index (χ3v) is 4.44. The van der Waals surface area contributed by atoms with Gasteiger partial charge < -0.3 is 0 Å². The highest BCUT2D eigenvalue weighted by Crippen LogP contribution is 2.46. The maximum absolute atomic E-state index is 12.6. The Kier molecular flexibility index (Phi) is 3.13. The SMILES string of the molecule is CC(C)C(=O)[C@@]12CCC[C@@H](CN1C(C)C)C2. The fraction of sp³-hybridized carbons (Fsp3) is 0.929. The minimum Gasteiger partial charge on any atom is -0.297 e. The number of fused-ring (bicyclic) bond motifs is 2. The third-order valence-electron chi connectivity index (χ3n) is 4.44. The Morgan fingerprint density at radius 1 is 1.31 bits per heavy atom. The van der Waals surface area contributed by atoms with Gasteiger partial charge in [-0.15, -0.1) is 0 Å². The molecule has 0 aromatic rings. The smallest absolute Gasteiger partial charge is 0.155 e. The number of rotatable bonds is 3. The van der Waals surface area contributed by atoms with Crippen molar-refractivity contribution in [3.63, 3.8) is 0 Å². The summed E-state index contributed by atoms with van der Waals surface area (Å²) in [6.07, 6.45) is 4.80. The molecule has 1 heterocycles. The molecule has 2 bridgehead atoms. The second kappa shape index (κ2) is 4.14. The topological polar surface area (TPSA) is 20.3 Å². The van der Waals surface area contributed by atoms with Crippen LogP contribution < -0.4 is 0 Å². The number of carbonyl (C=O) groups is 1. The zero-order valence-electron chi connectivity index (χ0n) is 11.1. The van der Waals surface area contributed by atoms with E-state index in [4.69, 9.17) is 0 Å². The first-order valence-corrected chi connectivity index (χ1v) is 6.78. The van der Waals surface area contributed by atoms with E-state index in [2.05, 4.69) is 32.6 Å². The molecule has 2 atom stereocenters. The fourth-order valence-corrected chi connectivity index (χ4v) is 3.84. The van der Waals surface area contributed by atoms with Crippen LogP contribution in [0, 0.1) is 11.8 Å². The van der Waals surface area contributed by atoms with Gasteiger partial charge in [0, 0.05) is 18.5 Å². The number of hydrogen-bond donors (Lipinski definition) is 0. The van der Waals surface area contributed by atoms with Crippen molar-refractivity contribution in [3.05, 3.63) is 0 Å². The number of nitrogens with zero attached hydrogens (tertiary/aromatic N) is 1. The van der Waals surface area contributed by atoms with Crippen molar-refractivity contribution in [1.82, 2.24) is 4.90 Å². The van der Waals surface area contributed by atoms with Gasteiger partial charge in [0.15, 0.2) is 5.78 Å². The zero-order valence-corrected chi connectivity index (χ0v) is 11.1. The normalized spacial score (nSPS) is 35.0. The summed E-state index contributed by atoms with van der Waals surface area (Å²) in [7, 11) is 0. The van der Waals surface area contributed by atoms with Gasteiger partial charge in [-0.3, -0.25) is 9.69 Å². The van der Waals surface area contributed by atoms with E-state index >= 15 is 0 Å². The molecular formula is C14H25NO. The van der Waals surface area contributed by atoms with Gasteiger partial charge in [-0.05, 0) is 39.0 Å². The average Bonchev–Trinajstić information content (AvgIpc) is 2.50. The molecule has 2 rings (SSSR count). The second-order valence-corrected chi connectivity index (χ2v) is 6.26. The summed E-state index contributed by atoms with van der Waals surface area (Å²) in [6.45, 7) is 9.72. The lowest BCUT2D eigenvalue weighted by atomic mass is 9.74. The minimum absolute atomic E-state index is 0.0920. The highest BCUT2D eigenvalue weighted by Gasteiger charge is 2.53. The van der Waals surface area contributed by atoms with Crippen LogP contribution in [-0.2, 0) is 4.79 Å². The largest absolute Gasteiger partial charge is 0.297 e. The predicted molar refractivity (Wildman–Crippen MR) is 66.4 cm³/mol. The van der Waals surface area contributed by atoms with Gasteiger partial charge in [-0.1, -0.05) is 20.3 Å². The summed E-state index contributed by atoms with van der Waals surface area (Å²) in [5.41, 5.74) is -0.0920. The van der Waals surface area contributed by atoms with Gasteiger partial charge in [0.2, 0.25) is 0 Å². The van der Waals surface area contributed by atoms with E-state index in [0.717, 1.165) is 25.3 Å². The molecule has 1 aliphatic carbocycles. The number of Topliss-reactive ketones (excluding diaryl/α,β-unsaturated/α-hetero) is 1. The van der Waals surface area contributed by atoms with Crippen LogP contribution in [0.2, 0.25) is 0 Å². The minimum atomic E-state index is -0.0920. The van der Waals surface area contributed by atoms with Gasteiger partial charge in [0.1, 0.15) is 0 Å².